The van der Waals surface area contributed by atoms with Gasteiger partial charge in [-0.1, -0.05) is 12.1 Å². The number of nitrogens with two attached hydrogens (primary N) is 1. The van der Waals surface area contributed by atoms with Crippen LogP contribution in [0.25, 0.3) is 0 Å². The van der Waals surface area contributed by atoms with E-state index in [-0.39, 0.29) is 5.69 Å². The van der Waals surface area contributed by atoms with E-state index in [1.54, 1.807) is 6.07 Å². The molecule has 0 unspecified atom stereocenters. The zero-order chi connectivity index (χ0) is 13.4. The SMILES string of the molecule is Nc1c(CN(CC2CC2)C2CC2)cccc1[N+](=O)[O-]. The summed E-state index contributed by atoms with van der Waals surface area (Å²) in [6.45, 7) is 1.86. The molecule has 1 aromatic rings. The molecule has 0 atom stereocenters. The van der Waals surface area contributed by atoms with Gasteiger partial charge >= 0.3 is 0 Å². The summed E-state index contributed by atoms with van der Waals surface area (Å²) >= 11 is 0. The molecule has 2 saturated carbocycles. The first-order valence-corrected chi connectivity index (χ1v) is 6.91. The summed E-state index contributed by atoms with van der Waals surface area (Å²) < 4.78 is 0. The lowest BCUT2D eigenvalue weighted by molar-refractivity contribution is -0.384. The third-order valence-corrected chi connectivity index (χ3v) is 4.00. The third kappa shape index (κ3) is 2.87. The number of anilines is 1. The van der Waals surface area contributed by atoms with Gasteiger partial charge in [0.1, 0.15) is 5.69 Å². The van der Waals surface area contributed by atoms with E-state index in [0.29, 0.717) is 11.7 Å². The average molecular weight is 261 g/mol. The van der Waals surface area contributed by atoms with Gasteiger partial charge in [-0.3, -0.25) is 15.0 Å². The monoisotopic (exact) mass is 261 g/mol. The molecule has 19 heavy (non-hydrogen) atoms. The second-order valence-corrected chi connectivity index (χ2v) is 5.71. The maximum atomic E-state index is 10.9. The van der Waals surface area contributed by atoms with Crippen LogP contribution in [0.5, 0.6) is 0 Å². The molecule has 2 aliphatic rings. The van der Waals surface area contributed by atoms with Crippen LogP contribution in [0.3, 0.4) is 0 Å². The predicted octanol–water partition coefficient (Wildman–Crippen LogP) is 2.55. The number of hydrogen-bond acceptors (Lipinski definition) is 4. The first kappa shape index (κ1) is 12.4. The van der Waals surface area contributed by atoms with Crippen LogP contribution < -0.4 is 5.73 Å². The molecule has 5 heteroatoms. The highest BCUT2D eigenvalue weighted by Gasteiger charge is 2.34. The van der Waals surface area contributed by atoms with Gasteiger partial charge in [0, 0.05) is 25.2 Å². The lowest BCUT2D eigenvalue weighted by Crippen LogP contribution is -2.28. The van der Waals surface area contributed by atoms with Gasteiger partial charge < -0.3 is 5.73 Å². The number of para-hydroxylation sites is 1. The standard InChI is InChI=1S/C14H19N3O2/c15-14-11(2-1-3-13(14)17(18)19)9-16(12-6-7-12)8-10-4-5-10/h1-3,10,12H,4-9,15H2. The van der Waals surface area contributed by atoms with Crippen molar-refractivity contribution in [1.29, 1.82) is 0 Å². The van der Waals surface area contributed by atoms with Gasteiger partial charge in [0.15, 0.2) is 0 Å². The number of nitrogens with zero attached hydrogens (tertiary/aromatic N) is 2. The van der Waals surface area contributed by atoms with Crippen molar-refractivity contribution >= 4 is 11.4 Å². The molecule has 0 bridgehead atoms. The zero-order valence-corrected chi connectivity index (χ0v) is 10.9. The molecule has 1 aromatic carbocycles. The predicted molar refractivity (Wildman–Crippen MR) is 73.7 cm³/mol. The van der Waals surface area contributed by atoms with Crippen LogP contribution in [0.4, 0.5) is 11.4 Å². The van der Waals surface area contributed by atoms with E-state index in [0.717, 1.165) is 24.6 Å². The van der Waals surface area contributed by atoms with Crippen LogP contribution in [-0.4, -0.2) is 22.4 Å². The fourth-order valence-corrected chi connectivity index (χ4v) is 2.53. The topological polar surface area (TPSA) is 72.4 Å². The number of benzene rings is 1. The molecule has 0 heterocycles. The number of hydrogen-bond donors (Lipinski definition) is 1. The van der Waals surface area contributed by atoms with Gasteiger partial charge in [-0.25, -0.2) is 0 Å². The summed E-state index contributed by atoms with van der Waals surface area (Å²) in [6, 6.07) is 5.77. The third-order valence-electron chi connectivity index (χ3n) is 4.00. The smallest absolute Gasteiger partial charge is 0.292 e. The number of nitro groups is 1. The van der Waals surface area contributed by atoms with Crippen LogP contribution in [0, 0.1) is 16.0 Å². The second-order valence-electron chi connectivity index (χ2n) is 5.71. The Morgan fingerprint density at radius 2 is 2.05 bits per heavy atom. The average Bonchev–Trinajstić information content (AvgIpc) is 3.24. The minimum atomic E-state index is -0.402. The fraction of sp³-hybridized carbons (Fsp3) is 0.571. The van der Waals surface area contributed by atoms with E-state index in [2.05, 4.69) is 4.90 Å². The lowest BCUT2D eigenvalue weighted by Gasteiger charge is -2.22. The Kier molecular flexibility index (Phi) is 3.14. The maximum absolute atomic E-state index is 10.9. The Morgan fingerprint density at radius 1 is 1.32 bits per heavy atom. The van der Waals surface area contributed by atoms with Crippen molar-refractivity contribution in [1.82, 2.24) is 4.90 Å². The summed E-state index contributed by atoms with van der Waals surface area (Å²) in [5.41, 5.74) is 7.18. The van der Waals surface area contributed by atoms with E-state index < -0.39 is 4.92 Å². The minimum absolute atomic E-state index is 0.0275. The van der Waals surface area contributed by atoms with Crippen molar-refractivity contribution in [3.05, 3.63) is 33.9 Å². The molecule has 0 radical (unpaired) electrons. The molecule has 0 aliphatic heterocycles. The first-order valence-electron chi connectivity index (χ1n) is 6.91. The Morgan fingerprint density at radius 3 is 2.63 bits per heavy atom. The summed E-state index contributed by atoms with van der Waals surface area (Å²) in [6.07, 6.45) is 5.16. The number of rotatable bonds is 6. The first-order chi connectivity index (χ1) is 9.15. The van der Waals surface area contributed by atoms with E-state index in [9.17, 15) is 10.1 Å². The highest BCUT2D eigenvalue weighted by atomic mass is 16.6. The molecule has 102 valence electrons. The van der Waals surface area contributed by atoms with Crippen molar-refractivity contribution in [2.75, 3.05) is 12.3 Å². The summed E-state index contributed by atoms with van der Waals surface area (Å²) in [4.78, 5) is 13.0. The minimum Gasteiger partial charge on any atom is -0.393 e. The normalized spacial score (nSPS) is 18.8. The molecule has 5 nitrogen and oxygen atoms in total. The van der Waals surface area contributed by atoms with Gasteiger partial charge in [-0.15, -0.1) is 0 Å². The highest BCUT2D eigenvalue weighted by molar-refractivity contribution is 5.62. The zero-order valence-electron chi connectivity index (χ0n) is 10.9. The molecule has 0 spiro atoms. The summed E-state index contributed by atoms with van der Waals surface area (Å²) in [7, 11) is 0. The van der Waals surface area contributed by atoms with Crippen LogP contribution in [0.15, 0.2) is 18.2 Å². The van der Waals surface area contributed by atoms with Gasteiger partial charge in [0.2, 0.25) is 0 Å². The van der Waals surface area contributed by atoms with Crippen LogP contribution in [-0.2, 0) is 6.54 Å². The molecule has 0 amide bonds. The van der Waals surface area contributed by atoms with E-state index in [1.807, 2.05) is 6.07 Å². The van der Waals surface area contributed by atoms with Gasteiger partial charge in [0.25, 0.3) is 5.69 Å². The molecule has 2 aliphatic carbocycles. The van der Waals surface area contributed by atoms with Gasteiger partial charge in [0.05, 0.1) is 4.92 Å². The van der Waals surface area contributed by atoms with Gasteiger partial charge in [-0.05, 0) is 37.2 Å². The summed E-state index contributed by atoms with van der Waals surface area (Å²) in [5, 5.41) is 10.9. The summed E-state index contributed by atoms with van der Waals surface area (Å²) in [5.74, 6) is 0.834. The van der Waals surface area contributed by atoms with E-state index in [1.165, 1.54) is 31.7 Å². The van der Waals surface area contributed by atoms with Crippen molar-refractivity contribution in [3.8, 4) is 0 Å². The largest absolute Gasteiger partial charge is 0.393 e. The van der Waals surface area contributed by atoms with Crippen molar-refractivity contribution in [2.24, 2.45) is 5.92 Å². The van der Waals surface area contributed by atoms with Gasteiger partial charge in [-0.2, -0.15) is 0 Å². The quantitative estimate of drug-likeness (QED) is 0.485. The lowest BCUT2D eigenvalue weighted by atomic mass is 10.1. The molecule has 0 saturated heterocycles. The van der Waals surface area contributed by atoms with Crippen LogP contribution in [0.2, 0.25) is 0 Å². The number of nitro benzene ring substituents is 1. The Bertz CT molecular complexity index is 495. The fourth-order valence-electron chi connectivity index (χ4n) is 2.53. The molecule has 0 aromatic heterocycles. The van der Waals surface area contributed by atoms with Crippen molar-refractivity contribution < 1.29 is 4.92 Å². The Hall–Kier alpha value is -1.62. The van der Waals surface area contributed by atoms with Crippen LogP contribution in [0.1, 0.15) is 31.2 Å². The molecule has 2 fully saturated rings. The molecular formula is C14H19N3O2. The Balaban J connectivity index is 1.76. The Labute approximate surface area is 112 Å². The number of nitrogen functional groups attached to an aromatic ring is 1. The van der Waals surface area contributed by atoms with Crippen LogP contribution >= 0.6 is 0 Å². The maximum Gasteiger partial charge on any atom is 0.292 e. The van der Waals surface area contributed by atoms with E-state index >= 15 is 0 Å². The van der Waals surface area contributed by atoms with E-state index in [4.69, 9.17) is 5.73 Å². The highest BCUT2D eigenvalue weighted by Crippen LogP contribution is 2.36. The second kappa shape index (κ2) is 4.81. The molecule has 3 rings (SSSR count). The van der Waals surface area contributed by atoms with Crippen molar-refractivity contribution in [3.63, 3.8) is 0 Å². The molecule has 2 N–H and O–H groups in total. The molecular weight excluding hydrogens is 242 g/mol. The van der Waals surface area contributed by atoms with Crippen molar-refractivity contribution in [2.45, 2.75) is 38.3 Å².